The number of anilines is 1. The average molecular weight is 777 g/mol. The van der Waals surface area contributed by atoms with Crippen molar-refractivity contribution in [3.05, 3.63) is 146 Å². The highest BCUT2D eigenvalue weighted by Gasteiger charge is 2.36. The fraction of sp³-hybridized carbons (Fsp3) is 0.108. The minimum absolute atomic E-state index is 0.191. The first kappa shape index (κ1) is 30.6. The number of aromatic nitrogens is 6. The predicted molar refractivity (Wildman–Crippen MR) is 199 cm³/mol. The third-order valence-corrected chi connectivity index (χ3v) is 10.3. The molecule has 0 spiro atoms. The number of nitrogens with zero attached hydrogens (tertiary/aromatic N) is 8. The molecule has 0 fully saturated rings. The van der Waals surface area contributed by atoms with Crippen molar-refractivity contribution in [2.24, 2.45) is 5.10 Å². The molecular weight excluding hydrogens is 748 g/mol. The summed E-state index contributed by atoms with van der Waals surface area (Å²) in [5, 5.41) is 24.7. The van der Waals surface area contributed by atoms with Gasteiger partial charge < -0.3 is 0 Å². The molecule has 0 aliphatic carbocycles. The van der Waals surface area contributed by atoms with Gasteiger partial charge >= 0.3 is 0 Å². The number of halogens is 2. The Morgan fingerprint density at radius 2 is 1.44 bits per heavy atom. The summed E-state index contributed by atoms with van der Waals surface area (Å²) in [6.45, 7) is 4.12. The van der Waals surface area contributed by atoms with Crippen LogP contribution in [0.25, 0.3) is 34.0 Å². The molecule has 11 heteroatoms. The lowest BCUT2D eigenvalue weighted by Crippen LogP contribution is -2.18. The van der Waals surface area contributed by atoms with E-state index in [9.17, 15) is 0 Å². The first-order chi connectivity index (χ1) is 23.4. The molecule has 0 saturated heterocycles. The number of hydrogen-bond donors (Lipinski definition) is 0. The molecule has 0 saturated carbocycles. The Kier molecular flexibility index (Phi) is 8.11. The van der Waals surface area contributed by atoms with Crippen LogP contribution in [0.2, 0.25) is 0 Å². The third-order valence-electron chi connectivity index (χ3n) is 8.44. The van der Waals surface area contributed by atoms with E-state index in [1.807, 2.05) is 46.6 Å². The monoisotopic (exact) mass is 774 g/mol. The highest BCUT2D eigenvalue weighted by Crippen LogP contribution is 2.43. The maximum Gasteiger partial charge on any atom is 0.207 e. The lowest BCUT2D eigenvalue weighted by molar-refractivity contribution is 0.707. The zero-order valence-electron chi connectivity index (χ0n) is 26.0. The quantitative estimate of drug-likeness (QED) is 0.161. The second kappa shape index (κ2) is 12.7. The molecule has 8 rings (SSSR count). The SMILES string of the molecule is Cc1ccc(-n2nnc(-c3nn(-c4ccccc4)cc3[C@H]3CC(c4ccc(Br)cc4)=NN3c3nc(-c4ccc(Br)cc4)cs3)c2C)cc1. The summed E-state index contributed by atoms with van der Waals surface area (Å²) in [6.07, 6.45) is 2.77. The number of hydrazone groups is 1. The van der Waals surface area contributed by atoms with Crippen molar-refractivity contribution in [1.29, 1.82) is 0 Å². The normalized spacial score (nSPS) is 14.5. The lowest BCUT2D eigenvalue weighted by atomic mass is 9.97. The number of para-hydroxylation sites is 1. The van der Waals surface area contributed by atoms with Crippen LogP contribution in [0.3, 0.4) is 0 Å². The molecule has 1 aliphatic rings. The zero-order chi connectivity index (χ0) is 32.8. The van der Waals surface area contributed by atoms with Crippen LogP contribution in [-0.2, 0) is 0 Å². The van der Waals surface area contributed by atoms with Gasteiger partial charge in [0.2, 0.25) is 5.13 Å². The van der Waals surface area contributed by atoms with Gasteiger partial charge in [0.25, 0.3) is 0 Å². The van der Waals surface area contributed by atoms with Gasteiger partial charge in [-0.1, -0.05) is 97.2 Å². The van der Waals surface area contributed by atoms with Gasteiger partial charge in [-0.25, -0.2) is 19.4 Å². The summed E-state index contributed by atoms with van der Waals surface area (Å²) in [4.78, 5) is 5.10. The number of rotatable bonds is 7. The molecule has 7 aromatic rings. The summed E-state index contributed by atoms with van der Waals surface area (Å²) in [5.74, 6) is 0. The van der Waals surface area contributed by atoms with E-state index < -0.39 is 0 Å². The Morgan fingerprint density at radius 3 is 2.15 bits per heavy atom. The van der Waals surface area contributed by atoms with Gasteiger partial charge in [0.15, 0.2) is 0 Å². The molecule has 4 aromatic carbocycles. The zero-order valence-corrected chi connectivity index (χ0v) is 30.0. The number of benzene rings is 4. The van der Waals surface area contributed by atoms with Crippen molar-refractivity contribution < 1.29 is 0 Å². The van der Waals surface area contributed by atoms with Gasteiger partial charge in [0.05, 0.1) is 34.5 Å². The van der Waals surface area contributed by atoms with E-state index >= 15 is 0 Å². The summed E-state index contributed by atoms with van der Waals surface area (Å²) in [5.41, 5.74) is 10.5. The van der Waals surface area contributed by atoms with Gasteiger partial charge in [0.1, 0.15) is 11.4 Å². The van der Waals surface area contributed by atoms with Gasteiger partial charge in [-0.3, -0.25) is 0 Å². The standard InChI is InChI=1S/C37H28Br2N8S/c1-23-8-18-30(19-9-23)46-24(2)35(41-44-46)36-31(21-45(43-36)29-6-4-3-5-7-29)34-20-32(25-10-14-27(38)15-11-25)42-47(34)37-40-33(22-48-37)26-12-16-28(39)17-13-26/h3-19,21-22,34H,20H2,1-2H3/t34-/m1/s1. The van der Waals surface area contributed by atoms with Crippen LogP contribution < -0.4 is 5.01 Å². The van der Waals surface area contributed by atoms with E-state index in [1.165, 1.54) is 5.56 Å². The van der Waals surface area contributed by atoms with Crippen molar-refractivity contribution >= 4 is 54.0 Å². The van der Waals surface area contributed by atoms with E-state index in [2.05, 4.69) is 133 Å². The van der Waals surface area contributed by atoms with Crippen molar-refractivity contribution in [2.45, 2.75) is 26.3 Å². The highest BCUT2D eigenvalue weighted by atomic mass is 79.9. The third kappa shape index (κ3) is 5.82. The highest BCUT2D eigenvalue weighted by molar-refractivity contribution is 9.10. The molecule has 0 radical (unpaired) electrons. The first-order valence-electron chi connectivity index (χ1n) is 15.4. The fourth-order valence-electron chi connectivity index (χ4n) is 5.88. The summed E-state index contributed by atoms with van der Waals surface area (Å²) in [7, 11) is 0. The van der Waals surface area contributed by atoms with Crippen LogP contribution in [0.4, 0.5) is 5.13 Å². The summed E-state index contributed by atoms with van der Waals surface area (Å²) >= 11 is 8.71. The van der Waals surface area contributed by atoms with Gasteiger partial charge in [0, 0.05) is 38.1 Å². The van der Waals surface area contributed by atoms with Gasteiger partial charge in [-0.2, -0.15) is 10.2 Å². The smallest absolute Gasteiger partial charge is 0.207 e. The molecule has 0 bridgehead atoms. The Bertz CT molecular complexity index is 2250. The fourth-order valence-corrected chi connectivity index (χ4v) is 7.24. The molecule has 3 aromatic heterocycles. The van der Waals surface area contributed by atoms with E-state index in [4.69, 9.17) is 20.3 Å². The largest absolute Gasteiger partial charge is 0.240 e. The maximum atomic E-state index is 5.23. The Hall–Kier alpha value is -4.71. The molecule has 48 heavy (non-hydrogen) atoms. The van der Waals surface area contributed by atoms with Crippen LogP contribution in [0.1, 0.15) is 34.8 Å². The maximum absolute atomic E-state index is 5.23. The lowest BCUT2D eigenvalue weighted by Gasteiger charge is -2.20. The minimum atomic E-state index is -0.191. The Balaban J connectivity index is 1.26. The molecular formula is C37H28Br2N8S. The minimum Gasteiger partial charge on any atom is -0.240 e. The molecule has 236 valence electrons. The molecule has 0 N–H and O–H groups in total. The molecule has 4 heterocycles. The molecule has 0 amide bonds. The average Bonchev–Trinajstić information content (AvgIpc) is 3.92. The second-order valence-corrected chi connectivity index (χ2v) is 14.3. The molecule has 8 nitrogen and oxygen atoms in total. The Labute approximate surface area is 298 Å². The van der Waals surface area contributed by atoms with Crippen molar-refractivity contribution in [3.8, 4) is 34.0 Å². The van der Waals surface area contributed by atoms with Crippen LogP contribution in [0.15, 0.2) is 129 Å². The predicted octanol–water partition coefficient (Wildman–Crippen LogP) is 9.74. The molecule has 1 aliphatic heterocycles. The second-order valence-electron chi connectivity index (χ2n) is 11.6. The number of thiazole rings is 1. The van der Waals surface area contributed by atoms with E-state index in [1.54, 1.807) is 11.3 Å². The topological polar surface area (TPSA) is 77.0 Å². The van der Waals surface area contributed by atoms with E-state index in [-0.39, 0.29) is 6.04 Å². The van der Waals surface area contributed by atoms with Crippen molar-refractivity contribution in [3.63, 3.8) is 0 Å². The Morgan fingerprint density at radius 1 is 0.750 bits per heavy atom. The van der Waals surface area contributed by atoms with Crippen molar-refractivity contribution in [2.75, 3.05) is 5.01 Å². The summed E-state index contributed by atoms with van der Waals surface area (Å²) in [6, 6.07) is 34.8. The number of aryl methyl sites for hydroxylation is 1. The first-order valence-corrected chi connectivity index (χ1v) is 17.9. The van der Waals surface area contributed by atoms with Crippen LogP contribution >= 0.6 is 43.2 Å². The van der Waals surface area contributed by atoms with Crippen LogP contribution in [0.5, 0.6) is 0 Å². The van der Waals surface area contributed by atoms with Gasteiger partial charge in [-0.05, 0) is 67.9 Å². The summed E-state index contributed by atoms with van der Waals surface area (Å²) < 4.78 is 5.86. The van der Waals surface area contributed by atoms with Crippen LogP contribution in [-0.4, -0.2) is 35.5 Å². The number of hydrogen-bond acceptors (Lipinski definition) is 7. The van der Waals surface area contributed by atoms with Gasteiger partial charge in [-0.15, -0.1) is 16.4 Å². The molecule has 1 atom stereocenters. The van der Waals surface area contributed by atoms with Crippen LogP contribution in [0, 0.1) is 13.8 Å². The van der Waals surface area contributed by atoms with E-state index in [0.29, 0.717) is 6.42 Å². The van der Waals surface area contributed by atoms with Crippen molar-refractivity contribution in [1.82, 2.24) is 29.8 Å². The molecule has 0 unspecified atom stereocenters. The van der Waals surface area contributed by atoms with E-state index in [0.717, 1.165) is 70.6 Å².